The van der Waals surface area contributed by atoms with Gasteiger partial charge in [0, 0.05) is 22.9 Å². The van der Waals surface area contributed by atoms with Crippen LogP contribution in [-0.2, 0) is 0 Å². The first kappa shape index (κ1) is 21.3. The summed E-state index contributed by atoms with van der Waals surface area (Å²) in [5.74, 6) is 1.16. The summed E-state index contributed by atoms with van der Waals surface area (Å²) in [7, 11) is 1.59. The largest absolute Gasteiger partial charge is 0.497 e. The number of ether oxygens (including phenoxy) is 1. The van der Waals surface area contributed by atoms with E-state index in [4.69, 9.17) is 17.0 Å². The zero-order chi connectivity index (χ0) is 22.7. The normalized spacial score (nSPS) is 10.6. The average molecular weight is 446 g/mol. The second kappa shape index (κ2) is 9.07. The van der Waals surface area contributed by atoms with Crippen molar-refractivity contribution in [1.82, 2.24) is 20.8 Å². The summed E-state index contributed by atoms with van der Waals surface area (Å²) in [5, 5.41) is 3.25. The van der Waals surface area contributed by atoms with E-state index in [2.05, 4.69) is 52.1 Å². The van der Waals surface area contributed by atoms with Crippen LogP contribution in [0.25, 0.3) is 22.4 Å². The molecular weight excluding hydrogens is 422 g/mol. The Bertz CT molecular complexity index is 1260. The van der Waals surface area contributed by atoms with Crippen LogP contribution in [0.1, 0.15) is 21.5 Å². The number of hydrogen-bond acceptors (Lipinski definition) is 4. The number of carbonyl (C=O) groups excluding carboxylic acids is 1. The van der Waals surface area contributed by atoms with Crippen molar-refractivity contribution in [1.29, 1.82) is 0 Å². The highest BCUT2D eigenvalue weighted by atomic mass is 32.1. The molecule has 4 rings (SSSR count). The van der Waals surface area contributed by atoms with Crippen molar-refractivity contribution in [2.75, 3.05) is 12.4 Å². The molecule has 4 aromatic rings. The third-order valence-electron chi connectivity index (χ3n) is 5.14. The Balaban J connectivity index is 1.38. The number of methoxy groups -OCH3 is 1. The number of amides is 1. The minimum absolute atomic E-state index is 0.260. The molecule has 1 heterocycles. The highest BCUT2D eigenvalue weighted by molar-refractivity contribution is 7.80. The number of hydrazine groups is 1. The Morgan fingerprint density at radius 3 is 2.50 bits per heavy atom. The van der Waals surface area contributed by atoms with Crippen LogP contribution in [0.3, 0.4) is 0 Å². The molecule has 0 aliphatic rings. The molecular formula is C24H23N5O2S. The molecule has 0 fully saturated rings. The number of imidazole rings is 1. The number of aromatic nitrogens is 2. The average Bonchev–Trinajstić information content (AvgIpc) is 3.20. The topological polar surface area (TPSA) is 91.1 Å². The number of hydrogen-bond donors (Lipinski definition) is 4. The molecule has 0 aliphatic carbocycles. The Labute approximate surface area is 191 Å². The number of aromatic amines is 1. The van der Waals surface area contributed by atoms with E-state index < -0.39 is 0 Å². The molecule has 0 aliphatic heterocycles. The number of anilines is 1. The van der Waals surface area contributed by atoms with Crippen LogP contribution in [0.2, 0.25) is 0 Å². The summed E-state index contributed by atoms with van der Waals surface area (Å²) < 4.78 is 5.18. The Morgan fingerprint density at radius 2 is 1.75 bits per heavy atom. The Hall–Kier alpha value is -3.91. The molecule has 4 N–H and O–H groups in total. The quantitative estimate of drug-likeness (QED) is 0.273. The lowest BCUT2D eigenvalue weighted by atomic mass is 10.1. The maximum Gasteiger partial charge on any atom is 0.269 e. The van der Waals surface area contributed by atoms with E-state index >= 15 is 0 Å². The highest BCUT2D eigenvalue weighted by Gasteiger charge is 2.10. The molecule has 1 aromatic heterocycles. The lowest BCUT2D eigenvalue weighted by Gasteiger charge is -2.12. The number of benzene rings is 3. The van der Waals surface area contributed by atoms with Gasteiger partial charge in [0.1, 0.15) is 11.6 Å². The zero-order valence-corrected chi connectivity index (χ0v) is 18.8. The van der Waals surface area contributed by atoms with Gasteiger partial charge in [-0.05, 0) is 73.6 Å². The molecule has 0 saturated carbocycles. The number of nitrogens with zero attached hydrogens (tertiary/aromatic N) is 1. The first-order chi connectivity index (χ1) is 15.4. The monoisotopic (exact) mass is 445 g/mol. The van der Waals surface area contributed by atoms with Crippen LogP contribution in [0.4, 0.5) is 5.69 Å². The van der Waals surface area contributed by atoms with Crippen molar-refractivity contribution in [3.05, 3.63) is 77.4 Å². The molecule has 0 saturated heterocycles. The van der Waals surface area contributed by atoms with Crippen LogP contribution < -0.4 is 20.9 Å². The standard InChI is InChI=1S/C24H23N5O2S/c1-14-11-20-21(12-15(14)2)27-22(26-20)16-7-9-17(10-8-16)23(30)28-29-24(32)25-18-5-4-6-19(13-18)31-3/h4-13H,1-3H3,(H,26,27)(H,28,30)(H2,25,29,32). The van der Waals surface area contributed by atoms with Crippen LogP contribution >= 0.6 is 12.2 Å². The fourth-order valence-electron chi connectivity index (χ4n) is 3.23. The third-order valence-corrected chi connectivity index (χ3v) is 5.34. The van der Waals surface area contributed by atoms with Crippen molar-refractivity contribution < 1.29 is 9.53 Å². The maximum atomic E-state index is 12.5. The van der Waals surface area contributed by atoms with Gasteiger partial charge in [-0.1, -0.05) is 18.2 Å². The molecule has 0 unspecified atom stereocenters. The van der Waals surface area contributed by atoms with Gasteiger partial charge in [0.2, 0.25) is 0 Å². The zero-order valence-electron chi connectivity index (χ0n) is 17.9. The van der Waals surface area contributed by atoms with Gasteiger partial charge < -0.3 is 15.0 Å². The highest BCUT2D eigenvalue weighted by Crippen LogP contribution is 2.23. The lowest BCUT2D eigenvalue weighted by molar-refractivity contribution is 0.0944. The van der Waals surface area contributed by atoms with Crippen molar-refractivity contribution in [3.8, 4) is 17.1 Å². The molecule has 1 amide bonds. The van der Waals surface area contributed by atoms with Crippen LogP contribution in [0.15, 0.2) is 60.7 Å². The number of H-pyrrole nitrogens is 1. The summed E-state index contributed by atoms with van der Waals surface area (Å²) >= 11 is 5.23. The van der Waals surface area contributed by atoms with Crippen LogP contribution in [-0.4, -0.2) is 28.1 Å². The molecule has 0 spiro atoms. The van der Waals surface area contributed by atoms with E-state index in [0.29, 0.717) is 11.3 Å². The Kier molecular flexibility index (Phi) is 6.04. The SMILES string of the molecule is COc1cccc(NC(=S)NNC(=O)c2ccc(-c3nc4cc(C)c(C)cc4[nH]3)cc2)c1. The van der Waals surface area contributed by atoms with Gasteiger partial charge in [-0.25, -0.2) is 4.98 Å². The maximum absolute atomic E-state index is 12.5. The fourth-order valence-corrected chi connectivity index (χ4v) is 3.40. The van der Waals surface area contributed by atoms with Crippen LogP contribution in [0.5, 0.6) is 5.75 Å². The molecule has 0 radical (unpaired) electrons. The Morgan fingerprint density at radius 1 is 1.00 bits per heavy atom. The molecule has 32 heavy (non-hydrogen) atoms. The third kappa shape index (κ3) is 4.70. The van der Waals surface area contributed by atoms with Gasteiger partial charge in [0.05, 0.1) is 18.1 Å². The fraction of sp³-hybridized carbons (Fsp3) is 0.125. The summed E-state index contributed by atoms with van der Waals surface area (Å²) in [5.41, 5.74) is 11.8. The molecule has 162 valence electrons. The molecule has 8 heteroatoms. The van der Waals surface area contributed by atoms with E-state index in [1.54, 1.807) is 25.3 Å². The molecule has 7 nitrogen and oxygen atoms in total. The number of carbonyl (C=O) groups is 1. The number of nitrogens with one attached hydrogen (secondary N) is 4. The van der Waals surface area contributed by atoms with E-state index in [-0.39, 0.29) is 11.0 Å². The van der Waals surface area contributed by atoms with Crippen molar-refractivity contribution in [2.45, 2.75) is 13.8 Å². The van der Waals surface area contributed by atoms with Crippen molar-refractivity contribution >= 4 is 40.0 Å². The number of aryl methyl sites for hydroxylation is 2. The predicted molar refractivity (Wildman–Crippen MR) is 131 cm³/mol. The smallest absolute Gasteiger partial charge is 0.269 e. The van der Waals surface area contributed by atoms with E-state index in [9.17, 15) is 4.79 Å². The summed E-state index contributed by atoms with van der Waals surface area (Å²) in [4.78, 5) is 20.5. The second-order valence-electron chi connectivity index (χ2n) is 7.38. The van der Waals surface area contributed by atoms with Gasteiger partial charge in [-0.2, -0.15) is 0 Å². The molecule has 3 aromatic carbocycles. The summed E-state index contributed by atoms with van der Waals surface area (Å²) in [6.07, 6.45) is 0. The number of thiocarbonyl (C=S) groups is 1. The van der Waals surface area contributed by atoms with E-state index in [1.807, 2.05) is 30.3 Å². The molecule has 0 atom stereocenters. The lowest BCUT2D eigenvalue weighted by Crippen LogP contribution is -2.43. The van der Waals surface area contributed by atoms with Gasteiger partial charge >= 0.3 is 0 Å². The molecule has 0 bridgehead atoms. The summed E-state index contributed by atoms with van der Waals surface area (Å²) in [6, 6.07) is 18.7. The van der Waals surface area contributed by atoms with E-state index in [1.165, 1.54) is 11.1 Å². The van der Waals surface area contributed by atoms with Gasteiger partial charge in [-0.15, -0.1) is 0 Å². The minimum Gasteiger partial charge on any atom is -0.497 e. The first-order valence-electron chi connectivity index (χ1n) is 10.0. The van der Waals surface area contributed by atoms with Crippen LogP contribution in [0, 0.1) is 13.8 Å². The van der Waals surface area contributed by atoms with Gasteiger partial charge in [0.15, 0.2) is 5.11 Å². The first-order valence-corrected chi connectivity index (χ1v) is 10.4. The number of rotatable bonds is 4. The summed E-state index contributed by atoms with van der Waals surface area (Å²) in [6.45, 7) is 4.15. The predicted octanol–water partition coefficient (Wildman–Crippen LogP) is 4.49. The van der Waals surface area contributed by atoms with Gasteiger partial charge in [-0.3, -0.25) is 15.6 Å². The van der Waals surface area contributed by atoms with Gasteiger partial charge in [0.25, 0.3) is 5.91 Å². The minimum atomic E-state index is -0.304. The van der Waals surface area contributed by atoms with Crippen molar-refractivity contribution in [3.63, 3.8) is 0 Å². The second-order valence-corrected chi connectivity index (χ2v) is 7.79. The number of fused-ring (bicyclic) bond motifs is 1. The van der Waals surface area contributed by atoms with E-state index in [0.717, 1.165) is 28.1 Å². The van der Waals surface area contributed by atoms with Crippen molar-refractivity contribution in [2.24, 2.45) is 0 Å².